The topological polar surface area (TPSA) is 42.0 Å². The van der Waals surface area contributed by atoms with Crippen LogP contribution < -0.4 is 5.32 Å². The average Bonchev–Trinajstić information content (AvgIpc) is 2.51. The lowest BCUT2D eigenvalue weighted by Crippen LogP contribution is -2.32. The van der Waals surface area contributed by atoms with Crippen molar-refractivity contribution in [3.8, 4) is 0 Å². The molecule has 1 atom stereocenters. The maximum absolute atomic E-state index is 12.1. The summed E-state index contributed by atoms with van der Waals surface area (Å²) in [5, 5.41) is 3.61. The molecular weight excluding hydrogens is 296 g/mol. The van der Waals surface area contributed by atoms with Gasteiger partial charge < -0.3 is 5.32 Å². The Morgan fingerprint density at radius 3 is 2.33 bits per heavy atom. The maximum atomic E-state index is 12.1. The van der Waals surface area contributed by atoms with Crippen LogP contribution in [0.5, 0.6) is 0 Å². The minimum Gasteiger partial charge on any atom is -0.355 e. The summed E-state index contributed by atoms with van der Waals surface area (Å²) < 4.78 is 0. The molecule has 0 aliphatic carbocycles. The highest BCUT2D eigenvalue weighted by Crippen LogP contribution is 2.48. The van der Waals surface area contributed by atoms with Crippen molar-refractivity contribution in [3.05, 3.63) is 41.6 Å². The van der Waals surface area contributed by atoms with Crippen LogP contribution in [0.1, 0.15) is 69.9 Å². The summed E-state index contributed by atoms with van der Waals surface area (Å²) in [5.74, 6) is 0.263. The van der Waals surface area contributed by atoms with Crippen molar-refractivity contribution in [2.24, 2.45) is 10.8 Å². The number of rotatable bonds is 4. The third kappa shape index (κ3) is 3.45. The molecule has 0 saturated heterocycles. The maximum Gasteiger partial charge on any atom is 0.251 e. The minimum absolute atomic E-state index is 0.0728. The molecule has 3 heteroatoms. The predicted octanol–water partition coefficient (Wildman–Crippen LogP) is 5.16. The second kappa shape index (κ2) is 6.54. The van der Waals surface area contributed by atoms with Crippen LogP contribution in [0.4, 0.5) is 0 Å². The first-order valence-corrected chi connectivity index (χ1v) is 8.73. The van der Waals surface area contributed by atoms with Gasteiger partial charge in [-0.25, -0.2) is 0 Å². The smallest absolute Gasteiger partial charge is 0.251 e. The number of carbonyl (C=O) groups is 1. The van der Waals surface area contributed by atoms with Gasteiger partial charge in [0, 0.05) is 29.6 Å². The molecule has 1 aromatic carbocycles. The summed E-state index contributed by atoms with van der Waals surface area (Å²) in [7, 11) is 1.66. The number of carbonyl (C=O) groups excluding carboxylic acids is 1. The highest BCUT2D eigenvalue weighted by molar-refractivity contribution is 6.06. The largest absolute Gasteiger partial charge is 0.355 e. The fourth-order valence-electron chi connectivity index (χ4n) is 3.88. The number of nitrogens with zero attached hydrogens (tertiary/aromatic N) is 1. The van der Waals surface area contributed by atoms with Gasteiger partial charge in [-0.3, -0.25) is 9.78 Å². The van der Waals surface area contributed by atoms with E-state index in [1.807, 2.05) is 24.3 Å². The number of hydrogen-bond acceptors (Lipinski definition) is 2. The Morgan fingerprint density at radius 2 is 1.79 bits per heavy atom. The minimum atomic E-state index is -0.0728. The van der Waals surface area contributed by atoms with Crippen LogP contribution in [-0.2, 0) is 0 Å². The molecule has 0 radical (unpaired) electrons. The number of pyridine rings is 1. The van der Waals surface area contributed by atoms with Gasteiger partial charge in [-0.1, -0.05) is 60.1 Å². The average molecular weight is 326 g/mol. The lowest BCUT2D eigenvalue weighted by atomic mass is 9.63. The van der Waals surface area contributed by atoms with Crippen molar-refractivity contribution in [2.75, 3.05) is 7.05 Å². The molecule has 2 rings (SSSR count). The van der Waals surface area contributed by atoms with E-state index >= 15 is 0 Å². The number of aromatic nitrogens is 1. The lowest BCUT2D eigenvalue weighted by Gasteiger charge is -2.42. The fraction of sp³-hybridized carbons (Fsp3) is 0.524. The van der Waals surface area contributed by atoms with E-state index in [1.165, 1.54) is 0 Å². The van der Waals surface area contributed by atoms with Gasteiger partial charge >= 0.3 is 0 Å². The number of fused-ring (bicyclic) bond motifs is 1. The van der Waals surface area contributed by atoms with Crippen molar-refractivity contribution < 1.29 is 4.79 Å². The molecular formula is C21H30N2O. The van der Waals surface area contributed by atoms with Gasteiger partial charge in [0.2, 0.25) is 0 Å². The highest BCUT2D eigenvalue weighted by atomic mass is 16.1. The quantitative estimate of drug-likeness (QED) is 0.843. The van der Waals surface area contributed by atoms with Crippen molar-refractivity contribution in [2.45, 2.75) is 53.9 Å². The molecule has 0 saturated carbocycles. The Bertz CT molecular complexity index is 741. The number of benzene rings is 1. The zero-order valence-corrected chi connectivity index (χ0v) is 16.0. The molecule has 130 valence electrons. The van der Waals surface area contributed by atoms with Gasteiger partial charge in [0.25, 0.3) is 5.91 Å². The van der Waals surface area contributed by atoms with Crippen LogP contribution in [-0.4, -0.2) is 17.9 Å². The van der Waals surface area contributed by atoms with E-state index in [0.29, 0.717) is 11.5 Å². The van der Waals surface area contributed by atoms with Crippen molar-refractivity contribution in [3.63, 3.8) is 0 Å². The molecule has 1 N–H and O–H groups in total. The molecule has 0 aliphatic heterocycles. The number of amides is 1. The second-order valence-electron chi connectivity index (χ2n) is 8.33. The van der Waals surface area contributed by atoms with Crippen molar-refractivity contribution in [1.29, 1.82) is 0 Å². The van der Waals surface area contributed by atoms with E-state index in [0.717, 1.165) is 23.0 Å². The van der Waals surface area contributed by atoms with Crippen LogP contribution in [0.15, 0.2) is 30.3 Å². The first kappa shape index (κ1) is 18.4. The molecule has 0 aliphatic rings. The SMILES string of the molecule is CCC(C)(C)C(c1ccc2c(C(=O)NC)cccc2n1)C(C)(C)C. The molecule has 24 heavy (non-hydrogen) atoms. The van der Waals surface area contributed by atoms with Crippen molar-refractivity contribution >= 4 is 16.8 Å². The lowest BCUT2D eigenvalue weighted by molar-refractivity contribution is 0.0964. The van der Waals surface area contributed by atoms with Crippen LogP contribution in [0.2, 0.25) is 0 Å². The van der Waals surface area contributed by atoms with Gasteiger partial charge in [0.1, 0.15) is 0 Å². The molecule has 3 nitrogen and oxygen atoms in total. The van der Waals surface area contributed by atoms with Crippen LogP contribution in [0, 0.1) is 10.8 Å². The zero-order chi connectivity index (χ0) is 18.1. The van der Waals surface area contributed by atoms with E-state index in [4.69, 9.17) is 4.98 Å². The standard InChI is InChI=1S/C21H30N2O/c1-8-21(5,6)18(20(2,3)4)17-13-12-14-15(19(24)22-7)10-9-11-16(14)23-17/h9-13,18H,8H2,1-7H3,(H,22,24). The van der Waals surface area contributed by atoms with E-state index in [1.54, 1.807) is 7.05 Å². The van der Waals surface area contributed by atoms with Crippen LogP contribution >= 0.6 is 0 Å². The molecule has 2 aromatic rings. The van der Waals surface area contributed by atoms with Gasteiger partial charge in [-0.2, -0.15) is 0 Å². The monoisotopic (exact) mass is 326 g/mol. The first-order valence-electron chi connectivity index (χ1n) is 8.73. The zero-order valence-electron chi connectivity index (χ0n) is 16.0. The Kier molecular flexibility index (Phi) is 5.03. The summed E-state index contributed by atoms with van der Waals surface area (Å²) in [6.45, 7) is 13.7. The summed E-state index contributed by atoms with van der Waals surface area (Å²) in [6, 6.07) is 9.89. The Morgan fingerprint density at radius 1 is 1.12 bits per heavy atom. The van der Waals surface area contributed by atoms with E-state index in [-0.39, 0.29) is 16.7 Å². The van der Waals surface area contributed by atoms with Crippen molar-refractivity contribution in [1.82, 2.24) is 10.3 Å². The normalized spacial score (nSPS) is 13.8. The second-order valence-corrected chi connectivity index (χ2v) is 8.33. The fourth-order valence-corrected chi connectivity index (χ4v) is 3.88. The molecule has 0 spiro atoms. The Balaban J connectivity index is 2.63. The van der Waals surface area contributed by atoms with E-state index in [9.17, 15) is 4.79 Å². The number of hydrogen-bond donors (Lipinski definition) is 1. The van der Waals surface area contributed by atoms with Gasteiger partial charge in [0.05, 0.1) is 5.52 Å². The molecule has 1 heterocycles. The Labute approximate surface area is 145 Å². The molecule has 0 bridgehead atoms. The van der Waals surface area contributed by atoms with Gasteiger partial charge in [-0.05, 0) is 29.0 Å². The number of nitrogens with one attached hydrogen (secondary N) is 1. The highest BCUT2D eigenvalue weighted by Gasteiger charge is 2.39. The predicted molar refractivity (Wildman–Crippen MR) is 101 cm³/mol. The third-order valence-electron chi connectivity index (χ3n) is 5.08. The van der Waals surface area contributed by atoms with E-state index in [2.05, 4.69) is 52.9 Å². The van der Waals surface area contributed by atoms with Crippen LogP contribution in [0.25, 0.3) is 10.9 Å². The molecule has 1 aromatic heterocycles. The van der Waals surface area contributed by atoms with Gasteiger partial charge in [-0.15, -0.1) is 0 Å². The third-order valence-corrected chi connectivity index (χ3v) is 5.08. The summed E-state index contributed by atoms with van der Waals surface area (Å²) in [6.07, 6.45) is 1.09. The summed E-state index contributed by atoms with van der Waals surface area (Å²) >= 11 is 0. The summed E-state index contributed by atoms with van der Waals surface area (Å²) in [4.78, 5) is 17.0. The Hall–Kier alpha value is -1.90. The van der Waals surface area contributed by atoms with E-state index < -0.39 is 0 Å². The molecule has 1 unspecified atom stereocenters. The molecule has 0 fully saturated rings. The molecule has 1 amide bonds. The van der Waals surface area contributed by atoms with Crippen LogP contribution in [0.3, 0.4) is 0 Å². The first-order chi connectivity index (χ1) is 11.1. The summed E-state index contributed by atoms with van der Waals surface area (Å²) in [5.41, 5.74) is 2.93. The van der Waals surface area contributed by atoms with Gasteiger partial charge in [0.15, 0.2) is 0 Å².